The van der Waals surface area contributed by atoms with Gasteiger partial charge in [0.05, 0.1) is 31.4 Å². The van der Waals surface area contributed by atoms with E-state index < -0.39 is 62.7 Å². The summed E-state index contributed by atoms with van der Waals surface area (Å²) in [5.74, 6) is -3.98. The van der Waals surface area contributed by atoms with Gasteiger partial charge in [0.15, 0.2) is 0 Å². The Hall–Kier alpha value is -5.98. The number of hydrogen-bond donors (Lipinski definition) is 6. The van der Waals surface area contributed by atoms with Gasteiger partial charge in [0.2, 0.25) is 0 Å². The van der Waals surface area contributed by atoms with E-state index >= 15 is 0 Å². The van der Waals surface area contributed by atoms with Gasteiger partial charge in [-0.1, -0.05) is 24.3 Å². The van der Waals surface area contributed by atoms with E-state index in [0.717, 1.165) is 48.5 Å². The Kier molecular flexibility index (Phi) is 9.05. The van der Waals surface area contributed by atoms with Gasteiger partial charge in [0, 0.05) is 22.4 Å². The molecule has 49 heavy (non-hydrogen) atoms. The molecule has 5 aromatic carbocycles. The first-order chi connectivity index (χ1) is 22.9. The smallest absolute Gasteiger partial charge is 0.335 e. The zero-order valence-electron chi connectivity index (χ0n) is 24.6. The molecule has 0 amide bonds. The minimum absolute atomic E-state index is 0.0971. The summed E-state index contributed by atoms with van der Waals surface area (Å²) in [4.78, 5) is 32.5. The topological polar surface area (TPSA) is 250 Å². The predicted molar refractivity (Wildman–Crippen MR) is 177 cm³/mol. The lowest BCUT2D eigenvalue weighted by atomic mass is 10.1. The van der Waals surface area contributed by atoms with Crippen molar-refractivity contribution in [3.63, 3.8) is 0 Å². The van der Waals surface area contributed by atoms with Gasteiger partial charge >= 0.3 is 17.9 Å². The molecular formula is C31H23N3O12S3. The Balaban J connectivity index is 1.65. The maximum absolute atomic E-state index is 13.7. The summed E-state index contributed by atoms with van der Waals surface area (Å²) in [6.45, 7) is 0. The molecule has 0 fully saturated rings. The molecule has 0 unspecified atom stereocenters. The van der Waals surface area contributed by atoms with Crippen LogP contribution in [-0.4, -0.2) is 58.5 Å². The van der Waals surface area contributed by atoms with E-state index in [-0.39, 0.29) is 44.5 Å². The molecule has 0 heterocycles. The number of carbonyl (C=O) groups is 3. The molecule has 6 N–H and O–H groups in total. The van der Waals surface area contributed by atoms with Crippen molar-refractivity contribution in [1.82, 2.24) is 0 Å². The van der Waals surface area contributed by atoms with E-state index in [4.69, 9.17) is 0 Å². The van der Waals surface area contributed by atoms with E-state index in [1.807, 2.05) is 0 Å². The fraction of sp³-hybridized carbons (Fsp3) is 0. The predicted octanol–water partition coefficient (Wildman–Crippen LogP) is 4.34. The Morgan fingerprint density at radius 3 is 1.27 bits per heavy atom. The van der Waals surface area contributed by atoms with Gasteiger partial charge in [-0.2, -0.15) is 0 Å². The zero-order chi connectivity index (χ0) is 35.7. The molecule has 5 rings (SSSR count). The second-order valence-electron chi connectivity index (χ2n) is 10.3. The molecule has 0 saturated carbocycles. The first-order valence-electron chi connectivity index (χ1n) is 13.6. The molecule has 18 heteroatoms. The molecule has 0 radical (unpaired) electrons. The molecule has 15 nitrogen and oxygen atoms in total. The van der Waals surface area contributed by atoms with Gasteiger partial charge in [-0.3, -0.25) is 14.2 Å². The molecule has 0 bridgehead atoms. The van der Waals surface area contributed by atoms with Crippen molar-refractivity contribution in [2.75, 3.05) is 14.2 Å². The van der Waals surface area contributed by atoms with Crippen molar-refractivity contribution < 1.29 is 55.0 Å². The fourth-order valence-electron chi connectivity index (χ4n) is 4.62. The standard InChI is InChI=1S/C31H23N3O12S3/c35-29(36)18-4-1-7-22(12-18)32-47(41,42)25-10-11-27-21(15-25)16-26(48(43,44)33-23-8-2-5-19(13-23)30(37)38)17-28(27)49(45,46)34-24-9-3-6-20(14-24)31(39)40/h1-17,32-34H,(H,35,36)(H,37,38)(H,39,40). The number of fused-ring (bicyclic) bond motifs is 1. The van der Waals surface area contributed by atoms with E-state index in [0.29, 0.717) is 0 Å². The maximum Gasteiger partial charge on any atom is 0.335 e. The average Bonchev–Trinajstić information content (AvgIpc) is 3.03. The third-order valence-electron chi connectivity index (χ3n) is 6.85. The molecule has 0 spiro atoms. The SMILES string of the molecule is O=C(O)c1cccc(NS(=O)(=O)c2ccc3c(S(=O)(=O)Nc4cccc(C(=O)O)c4)cc(S(=O)(=O)Nc4cccc(C(=O)O)c4)cc3c2)c1. The van der Waals surface area contributed by atoms with E-state index in [1.54, 1.807) is 0 Å². The van der Waals surface area contributed by atoms with Crippen LogP contribution in [0.25, 0.3) is 10.8 Å². The number of carboxylic acids is 3. The van der Waals surface area contributed by atoms with Gasteiger partial charge in [-0.05, 0) is 84.2 Å². The van der Waals surface area contributed by atoms with E-state index in [9.17, 15) is 55.0 Å². The van der Waals surface area contributed by atoms with Crippen LogP contribution in [0.2, 0.25) is 0 Å². The fourth-order valence-corrected chi connectivity index (χ4v) is 8.19. The quantitative estimate of drug-likeness (QED) is 0.105. The van der Waals surface area contributed by atoms with Gasteiger partial charge in [0.25, 0.3) is 30.1 Å². The molecular weight excluding hydrogens is 703 g/mol. The van der Waals surface area contributed by atoms with Crippen LogP contribution in [0.5, 0.6) is 0 Å². The number of sulfonamides is 3. The highest BCUT2D eigenvalue weighted by Crippen LogP contribution is 2.32. The molecule has 0 aliphatic carbocycles. The molecule has 0 atom stereocenters. The third kappa shape index (κ3) is 7.61. The summed E-state index contributed by atoms with van der Waals surface area (Å²) in [6.07, 6.45) is 0. The summed E-state index contributed by atoms with van der Waals surface area (Å²) < 4.78 is 87.9. The van der Waals surface area contributed by atoms with E-state index in [2.05, 4.69) is 14.2 Å². The monoisotopic (exact) mass is 725 g/mol. The molecule has 5 aromatic rings. The van der Waals surface area contributed by atoms with Gasteiger partial charge < -0.3 is 15.3 Å². The molecule has 0 aromatic heterocycles. The summed E-state index contributed by atoms with van der Waals surface area (Å²) in [7, 11) is -13.8. The first-order valence-corrected chi connectivity index (χ1v) is 18.1. The molecule has 0 aliphatic rings. The highest BCUT2D eigenvalue weighted by molar-refractivity contribution is 7.94. The summed E-state index contributed by atoms with van der Waals surface area (Å²) in [6, 6.07) is 19.5. The number of aromatic carboxylic acids is 3. The lowest BCUT2D eigenvalue weighted by Gasteiger charge is -2.15. The minimum atomic E-state index is -4.70. The second-order valence-corrected chi connectivity index (χ2v) is 15.3. The Labute approximate surface area is 278 Å². The first kappa shape index (κ1) is 34.4. The maximum atomic E-state index is 13.7. The normalized spacial score (nSPS) is 11.8. The summed E-state index contributed by atoms with van der Waals surface area (Å²) in [5.41, 5.74) is -1.13. The number of rotatable bonds is 12. The van der Waals surface area contributed by atoms with Gasteiger partial charge in [-0.15, -0.1) is 0 Å². The van der Waals surface area contributed by atoms with Crippen LogP contribution in [-0.2, 0) is 30.1 Å². The van der Waals surface area contributed by atoms with Crippen LogP contribution in [0.1, 0.15) is 31.1 Å². The van der Waals surface area contributed by atoms with Crippen LogP contribution in [0.3, 0.4) is 0 Å². The van der Waals surface area contributed by atoms with Crippen molar-refractivity contribution in [2.45, 2.75) is 14.7 Å². The second kappa shape index (κ2) is 12.9. The van der Waals surface area contributed by atoms with Crippen LogP contribution in [0, 0.1) is 0 Å². The van der Waals surface area contributed by atoms with Crippen molar-refractivity contribution in [2.24, 2.45) is 0 Å². The Morgan fingerprint density at radius 1 is 0.449 bits per heavy atom. The molecule has 0 aliphatic heterocycles. The van der Waals surface area contributed by atoms with E-state index in [1.165, 1.54) is 54.6 Å². The van der Waals surface area contributed by atoms with Gasteiger partial charge in [-0.25, -0.2) is 39.6 Å². The third-order valence-corrected chi connectivity index (χ3v) is 11.0. The number of hydrogen-bond acceptors (Lipinski definition) is 9. The molecule has 0 saturated heterocycles. The summed E-state index contributed by atoms with van der Waals surface area (Å²) >= 11 is 0. The lowest BCUT2D eigenvalue weighted by molar-refractivity contribution is 0.0686. The number of benzene rings is 5. The van der Waals surface area contributed by atoms with Crippen LogP contribution in [0.15, 0.2) is 118 Å². The number of carboxylic acid groups (broad SMARTS) is 3. The van der Waals surface area contributed by atoms with Crippen LogP contribution >= 0.6 is 0 Å². The lowest BCUT2D eigenvalue weighted by Crippen LogP contribution is -2.17. The van der Waals surface area contributed by atoms with Crippen LogP contribution in [0.4, 0.5) is 17.1 Å². The van der Waals surface area contributed by atoms with Crippen molar-refractivity contribution in [3.8, 4) is 0 Å². The van der Waals surface area contributed by atoms with Gasteiger partial charge in [0.1, 0.15) is 0 Å². The average molecular weight is 726 g/mol. The zero-order valence-corrected chi connectivity index (χ0v) is 27.0. The van der Waals surface area contributed by atoms with Crippen molar-refractivity contribution in [1.29, 1.82) is 0 Å². The highest BCUT2D eigenvalue weighted by Gasteiger charge is 2.26. The number of anilines is 3. The van der Waals surface area contributed by atoms with Crippen LogP contribution < -0.4 is 14.2 Å². The number of nitrogens with one attached hydrogen (secondary N) is 3. The van der Waals surface area contributed by atoms with Crippen molar-refractivity contribution >= 4 is 75.8 Å². The largest absolute Gasteiger partial charge is 0.478 e. The Morgan fingerprint density at radius 2 is 0.837 bits per heavy atom. The van der Waals surface area contributed by atoms with Crippen molar-refractivity contribution in [3.05, 3.63) is 120 Å². The molecule has 252 valence electrons. The minimum Gasteiger partial charge on any atom is -0.478 e. The highest BCUT2D eigenvalue weighted by atomic mass is 32.2. The Bertz CT molecular complexity index is 2510. The summed E-state index contributed by atoms with van der Waals surface area (Å²) in [5, 5.41) is 27.6.